The number of amides is 2. The van der Waals surface area contributed by atoms with Crippen LogP contribution in [0.3, 0.4) is 0 Å². The molecule has 0 aliphatic carbocycles. The van der Waals surface area contributed by atoms with E-state index in [4.69, 9.17) is 16.3 Å². The quantitative estimate of drug-likeness (QED) is 0.525. The lowest BCUT2D eigenvalue weighted by molar-refractivity contribution is 0.252. The fourth-order valence-electron chi connectivity index (χ4n) is 2.45. The molecular formula is C18H20ClN7O2. The van der Waals surface area contributed by atoms with Crippen molar-refractivity contribution in [2.75, 3.05) is 30.8 Å². The maximum Gasteiger partial charge on any atom is 0.319 e. The number of halogens is 1. The fourth-order valence-corrected chi connectivity index (χ4v) is 2.71. The molecule has 0 aliphatic rings. The molecule has 146 valence electrons. The summed E-state index contributed by atoms with van der Waals surface area (Å²) in [5, 5.41) is 13.2. The molecule has 0 saturated carbocycles. The van der Waals surface area contributed by atoms with Crippen LogP contribution in [0.4, 0.5) is 16.3 Å². The second kappa shape index (κ2) is 9.05. The van der Waals surface area contributed by atoms with Gasteiger partial charge in [-0.15, -0.1) is 0 Å². The SMILES string of the molecule is COc1ccc(NC(=O)NCCNc2cc(-n3cccn3)nc(C)n2)cc1Cl. The number of methoxy groups -OCH3 is 1. The Kier molecular flexibility index (Phi) is 6.28. The van der Waals surface area contributed by atoms with Crippen molar-refractivity contribution in [3.05, 3.63) is 53.6 Å². The molecule has 0 saturated heterocycles. The van der Waals surface area contributed by atoms with Crippen LogP contribution in [-0.4, -0.2) is 46.0 Å². The molecule has 2 amide bonds. The predicted molar refractivity (Wildman–Crippen MR) is 107 cm³/mol. The number of aryl methyl sites for hydroxylation is 1. The smallest absolute Gasteiger partial charge is 0.319 e. The van der Waals surface area contributed by atoms with Crippen molar-refractivity contribution in [2.24, 2.45) is 0 Å². The number of ether oxygens (including phenoxy) is 1. The molecule has 28 heavy (non-hydrogen) atoms. The minimum absolute atomic E-state index is 0.334. The molecule has 10 heteroatoms. The molecule has 0 aliphatic heterocycles. The second-order valence-electron chi connectivity index (χ2n) is 5.77. The summed E-state index contributed by atoms with van der Waals surface area (Å²) < 4.78 is 6.74. The lowest BCUT2D eigenvalue weighted by Gasteiger charge is -2.11. The maximum atomic E-state index is 12.0. The van der Waals surface area contributed by atoms with Crippen LogP contribution in [0.2, 0.25) is 5.02 Å². The van der Waals surface area contributed by atoms with Crippen LogP contribution in [0, 0.1) is 6.92 Å². The van der Waals surface area contributed by atoms with Gasteiger partial charge in [-0.25, -0.2) is 19.4 Å². The summed E-state index contributed by atoms with van der Waals surface area (Å²) in [5.74, 6) is 2.49. The Hall–Kier alpha value is -3.33. The molecule has 3 rings (SSSR count). The Labute approximate surface area is 167 Å². The Morgan fingerprint density at radius 2 is 2.11 bits per heavy atom. The van der Waals surface area contributed by atoms with Crippen LogP contribution in [0.1, 0.15) is 5.82 Å². The van der Waals surface area contributed by atoms with Gasteiger partial charge in [-0.1, -0.05) is 11.6 Å². The average Bonchev–Trinajstić information content (AvgIpc) is 3.20. The monoisotopic (exact) mass is 401 g/mol. The first kappa shape index (κ1) is 19.4. The van der Waals surface area contributed by atoms with Crippen molar-refractivity contribution in [1.82, 2.24) is 25.1 Å². The zero-order chi connectivity index (χ0) is 19.9. The zero-order valence-corrected chi connectivity index (χ0v) is 16.2. The number of carbonyl (C=O) groups excluding carboxylic acids is 1. The molecule has 1 aromatic carbocycles. The van der Waals surface area contributed by atoms with E-state index in [-0.39, 0.29) is 6.03 Å². The summed E-state index contributed by atoms with van der Waals surface area (Å²) in [5.41, 5.74) is 0.576. The number of anilines is 2. The lowest BCUT2D eigenvalue weighted by Crippen LogP contribution is -2.32. The van der Waals surface area contributed by atoms with Gasteiger partial charge >= 0.3 is 6.03 Å². The van der Waals surface area contributed by atoms with Gasteiger partial charge in [-0.3, -0.25) is 0 Å². The summed E-state index contributed by atoms with van der Waals surface area (Å²) in [4.78, 5) is 20.7. The molecule has 2 heterocycles. The molecule has 0 atom stereocenters. The van der Waals surface area contributed by atoms with Crippen LogP contribution < -0.4 is 20.7 Å². The summed E-state index contributed by atoms with van der Waals surface area (Å²) in [6.45, 7) is 2.70. The van der Waals surface area contributed by atoms with E-state index in [1.54, 1.807) is 35.1 Å². The van der Waals surface area contributed by atoms with E-state index in [1.807, 2.05) is 19.2 Å². The number of carbonyl (C=O) groups is 1. The summed E-state index contributed by atoms with van der Waals surface area (Å²) in [6, 6.07) is 8.30. The van der Waals surface area contributed by atoms with Crippen LogP contribution in [0.25, 0.3) is 5.82 Å². The Balaban J connectivity index is 1.48. The first-order chi connectivity index (χ1) is 13.5. The number of urea groups is 1. The van der Waals surface area contributed by atoms with Crippen molar-refractivity contribution < 1.29 is 9.53 Å². The number of hydrogen-bond donors (Lipinski definition) is 3. The highest BCUT2D eigenvalue weighted by Crippen LogP contribution is 2.27. The topological polar surface area (TPSA) is 106 Å². The van der Waals surface area contributed by atoms with Crippen LogP contribution in [0.15, 0.2) is 42.7 Å². The van der Waals surface area contributed by atoms with Gasteiger partial charge in [-0.2, -0.15) is 5.10 Å². The van der Waals surface area contributed by atoms with Crippen molar-refractivity contribution >= 4 is 29.1 Å². The molecule has 2 aromatic heterocycles. The first-order valence-electron chi connectivity index (χ1n) is 8.53. The number of benzene rings is 1. The van der Waals surface area contributed by atoms with Gasteiger partial charge in [0.1, 0.15) is 17.4 Å². The van der Waals surface area contributed by atoms with Gasteiger partial charge < -0.3 is 20.7 Å². The van der Waals surface area contributed by atoms with Gasteiger partial charge in [0.15, 0.2) is 5.82 Å². The zero-order valence-electron chi connectivity index (χ0n) is 15.4. The third-order valence-corrected chi connectivity index (χ3v) is 3.99. The Morgan fingerprint density at radius 1 is 1.25 bits per heavy atom. The summed E-state index contributed by atoms with van der Waals surface area (Å²) >= 11 is 6.05. The van der Waals surface area contributed by atoms with E-state index in [1.165, 1.54) is 7.11 Å². The number of nitrogens with one attached hydrogen (secondary N) is 3. The highest BCUT2D eigenvalue weighted by atomic mass is 35.5. The van der Waals surface area contributed by atoms with Crippen LogP contribution in [-0.2, 0) is 0 Å². The second-order valence-corrected chi connectivity index (χ2v) is 6.17. The largest absolute Gasteiger partial charge is 0.495 e. The van der Waals surface area contributed by atoms with Crippen LogP contribution in [0.5, 0.6) is 5.75 Å². The first-order valence-corrected chi connectivity index (χ1v) is 8.91. The fraction of sp³-hybridized carbons (Fsp3) is 0.222. The Bertz CT molecular complexity index is 947. The van der Waals surface area contributed by atoms with Crippen LogP contribution >= 0.6 is 11.6 Å². The van der Waals surface area contributed by atoms with Crippen molar-refractivity contribution in [2.45, 2.75) is 6.92 Å². The minimum atomic E-state index is -0.334. The van der Waals surface area contributed by atoms with E-state index in [0.29, 0.717) is 47.0 Å². The maximum absolute atomic E-state index is 12.0. The molecule has 9 nitrogen and oxygen atoms in total. The average molecular weight is 402 g/mol. The molecule has 0 radical (unpaired) electrons. The molecule has 0 fully saturated rings. The molecular weight excluding hydrogens is 382 g/mol. The Morgan fingerprint density at radius 3 is 2.82 bits per heavy atom. The molecule has 0 unspecified atom stereocenters. The highest BCUT2D eigenvalue weighted by Gasteiger charge is 2.06. The van der Waals surface area contributed by atoms with Gasteiger partial charge in [0.25, 0.3) is 0 Å². The number of aromatic nitrogens is 4. The van der Waals surface area contributed by atoms with E-state index in [0.717, 1.165) is 0 Å². The minimum Gasteiger partial charge on any atom is -0.495 e. The summed E-state index contributed by atoms with van der Waals surface area (Å²) in [7, 11) is 1.53. The van der Waals surface area contributed by atoms with Gasteiger partial charge in [-0.05, 0) is 31.2 Å². The number of rotatable bonds is 7. The third kappa shape index (κ3) is 5.10. The van der Waals surface area contributed by atoms with Gasteiger partial charge in [0, 0.05) is 37.2 Å². The lowest BCUT2D eigenvalue weighted by atomic mass is 10.3. The van der Waals surface area contributed by atoms with Crippen molar-refractivity contribution in [3.8, 4) is 11.6 Å². The standard InChI is InChI=1S/C18H20ClN7O2/c1-12-23-16(11-17(24-12)26-9-3-6-22-26)20-7-8-21-18(27)25-13-4-5-15(28-2)14(19)10-13/h3-6,9-11H,7-8H2,1-2H3,(H,20,23,24)(H2,21,25,27). The molecule has 0 bridgehead atoms. The molecule has 3 N–H and O–H groups in total. The van der Waals surface area contributed by atoms with E-state index in [9.17, 15) is 4.79 Å². The molecule has 3 aromatic rings. The number of nitrogens with zero attached hydrogens (tertiary/aromatic N) is 4. The van der Waals surface area contributed by atoms with E-state index < -0.39 is 0 Å². The van der Waals surface area contributed by atoms with E-state index >= 15 is 0 Å². The molecule has 0 spiro atoms. The van der Waals surface area contributed by atoms with Crippen molar-refractivity contribution in [3.63, 3.8) is 0 Å². The predicted octanol–water partition coefficient (Wildman–Crippen LogP) is 2.87. The highest BCUT2D eigenvalue weighted by molar-refractivity contribution is 6.32. The van der Waals surface area contributed by atoms with Gasteiger partial charge in [0.2, 0.25) is 0 Å². The van der Waals surface area contributed by atoms with E-state index in [2.05, 4.69) is 31.0 Å². The number of hydrogen-bond acceptors (Lipinski definition) is 6. The summed E-state index contributed by atoms with van der Waals surface area (Å²) in [6.07, 6.45) is 3.49. The third-order valence-electron chi connectivity index (χ3n) is 3.69. The normalized spacial score (nSPS) is 10.4. The van der Waals surface area contributed by atoms with Crippen molar-refractivity contribution in [1.29, 1.82) is 0 Å². The van der Waals surface area contributed by atoms with Gasteiger partial charge in [0.05, 0.1) is 12.1 Å².